The van der Waals surface area contributed by atoms with Crippen molar-refractivity contribution < 1.29 is 22.4 Å². The predicted molar refractivity (Wildman–Crippen MR) is 120 cm³/mol. The second-order valence-electron chi connectivity index (χ2n) is 7.08. The smallest absolute Gasteiger partial charge is 0.416 e. The number of carbonyl (C=O) groups excluding carboxylic acids is 1. The lowest BCUT2D eigenvalue weighted by molar-refractivity contribution is -0.137. The van der Waals surface area contributed by atoms with Crippen molar-refractivity contribution in [1.29, 1.82) is 5.26 Å². The standard InChI is InChI=1S/C25H14ClF3N2O2/c26-22-9-6-18(25(27,28)29)13-21(22)23-10-8-20(33-23)12-17(14-30)24(32)31-19-7-5-15-3-1-2-4-16(15)11-19/h1-13H,(H,31,32)/b17-12+. The average molecular weight is 467 g/mol. The minimum atomic E-state index is -4.54. The lowest BCUT2D eigenvalue weighted by Crippen LogP contribution is -2.13. The molecule has 0 aliphatic rings. The molecule has 0 atom stereocenters. The minimum absolute atomic E-state index is 0.0465. The Kier molecular flexibility index (Phi) is 5.95. The number of amides is 1. The van der Waals surface area contributed by atoms with Crippen molar-refractivity contribution in [1.82, 2.24) is 0 Å². The van der Waals surface area contributed by atoms with Gasteiger partial charge in [-0.3, -0.25) is 4.79 Å². The molecule has 1 amide bonds. The van der Waals surface area contributed by atoms with Crippen LogP contribution in [0.3, 0.4) is 0 Å². The van der Waals surface area contributed by atoms with Gasteiger partial charge in [-0.25, -0.2) is 0 Å². The third kappa shape index (κ3) is 4.92. The molecule has 0 saturated carbocycles. The molecule has 3 aromatic carbocycles. The van der Waals surface area contributed by atoms with E-state index in [1.54, 1.807) is 12.1 Å². The maximum atomic E-state index is 13.0. The third-order valence-corrected chi connectivity index (χ3v) is 5.17. The molecular weight excluding hydrogens is 453 g/mol. The third-order valence-electron chi connectivity index (χ3n) is 4.84. The maximum absolute atomic E-state index is 13.0. The van der Waals surface area contributed by atoms with E-state index in [1.807, 2.05) is 36.4 Å². The summed E-state index contributed by atoms with van der Waals surface area (Å²) in [6.45, 7) is 0. The molecule has 0 bridgehead atoms. The molecule has 4 nitrogen and oxygen atoms in total. The summed E-state index contributed by atoms with van der Waals surface area (Å²) < 4.78 is 44.6. The number of hydrogen-bond acceptors (Lipinski definition) is 3. The van der Waals surface area contributed by atoms with Crippen LogP contribution in [0.5, 0.6) is 0 Å². The molecule has 0 saturated heterocycles. The van der Waals surface area contributed by atoms with E-state index in [4.69, 9.17) is 16.0 Å². The van der Waals surface area contributed by atoms with Crippen LogP contribution in [0, 0.1) is 11.3 Å². The van der Waals surface area contributed by atoms with E-state index in [1.165, 1.54) is 18.2 Å². The van der Waals surface area contributed by atoms with Crippen LogP contribution in [-0.2, 0) is 11.0 Å². The molecule has 4 rings (SSSR count). The van der Waals surface area contributed by atoms with Gasteiger partial charge in [0.15, 0.2) is 0 Å². The van der Waals surface area contributed by atoms with E-state index in [-0.39, 0.29) is 27.7 Å². The monoisotopic (exact) mass is 466 g/mol. The van der Waals surface area contributed by atoms with E-state index >= 15 is 0 Å². The fourth-order valence-corrected chi connectivity index (χ4v) is 3.43. The Balaban J connectivity index is 1.58. The number of nitrogens with one attached hydrogen (secondary N) is 1. The molecule has 1 heterocycles. The first-order chi connectivity index (χ1) is 15.7. The van der Waals surface area contributed by atoms with Gasteiger partial charge >= 0.3 is 6.18 Å². The summed E-state index contributed by atoms with van der Waals surface area (Å²) in [6, 6.07) is 20.5. The zero-order valence-electron chi connectivity index (χ0n) is 16.8. The molecule has 1 aromatic heterocycles. The Morgan fingerprint density at radius 2 is 1.76 bits per heavy atom. The summed E-state index contributed by atoms with van der Waals surface area (Å²) in [5, 5.41) is 14.1. The van der Waals surface area contributed by atoms with Gasteiger partial charge in [-0.05, 0) is 53.2 Å². The summed E-state index contributed by atoms with van der Waals surface area (Å²) in [4.78, 5) is 12.6. The normalized spacial score (nSPS) is 11.9. The highest BCUT2D eigenvalue weighted by Gasteiger charge is 2.31. The van der Waals surface area contributed by atoms with Crippen molar-refractivity contribution in [2.75, 3.05) is 5.32 Å². The lowest BCUT2D eigenvalue weighted by atomic mass is 10.1. The molecule has 0 spiro atoms. The molecule has 4 aromatic rings. The summed E-state index contributed by atoms with van der Waals surface area (Å²) in [5.74, 6) is -0.462. The molecule has 0 aliphatic carbocycles. The summed E-state index contributed by atoms with van der Waals surface area (Å²) in [6.07, 6.45) is -3.33. The zero-order chi connectivity index (χ0) is 23.6. The highest BCUT2D eigenvalue weighted by Crippen LogP contribution is 2.36. The quantitative estimate of drug-likeness (QED) is 0.253. The number of halogens is 4. The summed E-state index contributed by atoms with van der Waals surface area (Å²) in [7, 11) is 0. The Bertz CT molecular complexity index is 1430. The first-order valence-electron chi connectivity index (χ1n) is 9.63. The van der Waals surface area contributed by atoms with Gasteiger partial charge in [-0.1, -0.05) is 41.9 Å². The largest absolute Gasteiger partial charge is 0.457 e. The molecule has 0 unspecified atom stereocenters. The minimum Gasteiger partial charge on any atom is -0.457 e. The van der Waals surface area contributed by atoms with Crippen molar-refractivity contribution in [3.63, 3.8) is 0 Å². The number of furan rings is 1. The molecule has 0 radical (unpaired) electrons. The molecule has 0 aliphatic heterocycles. The van der Waals surface area contributed by atoms with Crippen LogP contribution in [0.1, 0.15) is 11.3 Å². The second kappa shape index (κ2) is 8.85. The number of anilines is 1. The number of benzene rings is 3. The molecule has 1 N–H and O–H groups in total. The Morgan fingerprint density at radius 3 is 2.48 bits per heavy atom. The number of nitrogens with zero attached hydrogens (tertiary/aromatic N) is 1. The Hall–Kier alpha value is -4.02. The van der Waals surface area contributed by atoms with E-state index in [0.29, 0.717) is 5.69 Å². The van der Waals surface area contributed by atoms with Crippen molar-refractivity contribution >= 4 is 40.0 Å². The number of rotatable bonds is 4. The van der Waals surface area contributed by atoms with Gasteiger partial charge in [-0.2, -0.15) is 18.4 Å². The van der Waals surface area contributed by atoms with Gasteiger partial charge in [0.2, 0.25) is 0 Å². The van der Waals surface area contributed by atoms with Gasteiger partial charge in [0.05, 0.1) is 10.6 Å². The van der Waals surface area contributed by atoms with Crippen molar-refractivity contribution in [3.8, 4) is 17.4 Å². The highest BCUT2D eigenvalue weighted by molar-refractivity contribution is 6.33. The molecule has 33 heavy (non-hydrogen) atoms. The van der Waals surface area contributed by atoms with Crippen molar-refractivity contribution in [2.24, 2.45) is 0 Å². The molecule has 8 heteroatoms. The van der Waals surface area contributed by atoms with Crippen LogP contribution in [0.15, 0.2) is 82.8 Å². The number of nitriles is 1. The molecule has 0 fully saturated rings. The fraction of sp³-hybridized carbons (Fsp3) is 0.0400. The number of hydrogen-bond donors (Lipinski definition) is 1. The number of carbonyl (C=O) groups is 1. The zero-order valence-corrected chi connectivity index (χ0v) is 17.5. The first-order valence-corrected chi connectivity index (χ1v) is 10.0. The van der Waals surface area contributed by atoms with Gasteiger partial charge in [-0.15, -0.1) is 0 Å². The van der Waals surface area contributed by atoms with Gasteiger partial charge in [0.25, 0.3) is 5.91 Å². The average Bonchev–Trinajstić information content (AvgIpc) is 3.25. The molecule has 164 valence electrons. The number of fused-ring (bicyclic) bond motifs is 1. The van der Waals surface area contributed by atoms with Crippen LogP contribution < -0.4 is 5.32 Å². The van der Waals surface area contributed by atoms with Crippen LogP contribution in [0.25, 0.3) is 28.2 Å². The number of alkyl halides is 3. The SMILES string of the molecule is N#C/C(=C\c1ccc(-c2cc(C(F)(F)F)ccc2Cl)o1)C(=O)Nc1ccc2ccccc2c1. The Labute approximate surface area is 191 Å². The Morgan fingerprint density at radius 1 is 1.00 bits per heavy atom. The van der Waals surface area contributed by atoms with Gasteiger partial charge < -0.3 is 9.73 Å². The van der Waals surface area contributed by atoms with E-state index in [9.17, 15) is 23.2 Å². The second-order valence-corrected chi connectivity index (χ2v) is 7.49. The molecular formula is C25H14ClF3N2O2. The van der Waals surface area contributed by atoms with E-state index < -0.39 is 17.6 Å². The topological polar surface area (TPSA) is 66.0 Å². The van der Waals surface area contributed by atoms with Crippen LogP contribution in [0.2, 0.25) is 5.02 Å². The van der Waals surface area contributed by atoms with Crippen LogP contribution in [0.4, 0.5) is 18.9 Å². The van der Waals surface area contributed by atoms with Gasteiger partial charge in [0, 0.05) is 17.3 Å². The van der Waals surface area contributed by atoms with Crippen molar-refractivity contribution in [3.05, 3.63) is 94.7 Å². The van der Waals surface area contributed by atoms with E-state index in [2.05, 4.69) is 5.32 Å². The summed E-state index contributed by atoms with van der Waals surface area (Å²) >= 11 is 6.05. The van der Waals surface area contributed by atoms with Gasteiger partial charge in [0.1, 0.15) is 23.2 Å². The first kappa shape index (κ1) is 22.2. The fourth-order valence-electron chi connectivity index (χ4n) is 3.22. The predicted octanol–water partition coefficient (Wildman–Crippen LogP) is 7.32. The lowest BCUT2D eigenvalue weighted by Gasteiger charge is -2.09. The van der Waals surface area contributed by atoms with Crippen LogP contribution in [-0.4, -0.2) is 5.91 Å². The maximum Gasteiger partial charge on any atom is 0.416 e. The van der Waals surface area contributed by atoms with Crippen molar-refractivity contribution in [2.45, 2.75) is 6.18 Å². The van der Waals surface area contributed by atoms with Crippen LogP contribution >= 0.6 is 11.6 Å². The van der Waals surface area contributed by atoms with E-state index in [0.717, 1.165) is 29.0 Å². The highest BCUT2D eigenvalue weighted by atomic mass is 35.5. The summed E-state index contributed by atoms with van der Waals surface area (Å²) in [5.41, 5.74) is -0.553.